The molecule has 0 atom stereocenters. The van der Waals surface area contributed by atoms with Crippen LogP contribution in [0.5, 0.6) is 0 Å². The van der Waals surface area contributed by atoms with Crippen molar-refractivity contribution in [1.29, 1.82) is 0 Å². The van der Waals surface area contributed by atoms with Crippen molar-refractivity contribution in [3.63, 3.8) is 0 Å². The molecule has 2 aromatic carbocycles. The van der Waals surface area contributed by atoms with Gasteiger partial charge in [0, 0.05) is 11.8 Å². The Kier molecular flexibility index (Phi) is 4.93. The predicted molar refractivity (Wildman–Crippen MR) is 90.3 cm³/mol. The minimum Gasteiger partial charge on any atom is -0.351 e. The van der Waals surface area contributed by atoms with Crippen LogP contribution in [0.15, 0.2) is 65.3 Å². The highest BCUT2D eigenvalue weighted by molar-refractivity contribution is 6.11. The lowest BCUT2D eigenvalue weighted by atomic mass is 10.1. The summed E-state index contributed by atoms with van der Waals surface area (Å²) >= 11 is 0. The molecule has 0 aliphatic heterocycles. The first-order valence-corrected chi connectivity index (χ1v) is 7.64. The van der Waals surface area contributed by atoms with E-state index in [1.807, 2.05) is 0 Å². The van der Waals surface area contributed by atoms with Crippen molar-refractivity contribution in [2.24, 2.45) is 0 Å². The second kappa shape index (κ2) is 7.32. The van der Waals surface area contributed by atoms with Crippen LogP contribution in [0.2, 0.25) is 0 Å². The van der Waals surface area contributed by atoms with Gasteiger partial charge in [0.2, 0.25) is 5.76 Å². The summed E-state index contributed by atoms with van der Waals surface area (Å²) in [4.78, 5) is 24.5. The number of carbonyl (C=O) groups is 2. The molecule has 0 aliphatic rings. The van der Waals surface area contributed by atoms with Crippen molar-refractivity contribution in [3.05, 3.63) is 77.7 Å². The van der Waals surface area contributed by atoms with Crippen LogP contribution in [0, 0.1) is 0 Å². The molecule has 0 bridgehead atoms. The second-order valence-electron chi connectivity index (χ2n) is 5.41. The van der Waals surface area contributed by atoms with Crippen molar-refractivity contribution >= 4 is 23.2 Å². The Bertz CT molecular complexity index is 969. The van der Waals surface area contributed by atoms with Crippen LogP contribution in [-0.2, 0) is 6.18 Å². The SMILES string of the molecule is O=C(Nc1ccccc1C(=O)Nc1cccc(C(F)(F)F)c1)c1ccno1. The van der Waals surface area contributed by atoms with Gasteiger partial charge < -0.3 is 15.2 Å². The monoisotopic (exact) mass is 375 g/mol. The highest BCUT2D eigenvalue weighted by Gasteiger charge is 2.30. The van der Waals surface area contributed by atoms with E-state index < -0.39 is 23.6 Å². The van der Waals surface area contributed by atoms with Gasteiger partial charge in [-0.15, -0.1) is 0 Å². The van der Waals surface area contributed by atoms with E-state index in [4.69, 9.17) is 4.52 Å². The normalized spacial score (nSPS) is 11.1. The van der Waals surface area contributed by atoms with Gasteiger partial charge in [-0.05, 0) is 30.3 Å². The third kappa shape index (κ3) is 4.32. The van der Waals surface area contributed by atoms with Gasteiger partial charge in [-0.3, -0.25) is 9.59 Å². The number of hydrogen-bond acceptors (Lipinski definition) is 4. The van der Waals surface area contributed by atoms with Crippen LogP contribution in [0.1, 0.15) is 26.5 Å². The summed E-state index contributed by atoms with van der Waals surface area (Å²) in [7, 11) is 0. The summed E-state index contributed by atoms with van der Waals surface area (Å²) < 4.78 is 43.1. The van der Waals surface area contributed by atoms with E-state index in [1.165, 1.54) is 36.5 Å². The van der Waals surface area contributed by atoms with Gasteiger partial charge in [0.1, 0.15) is 0 Å². The lowest BCUT2D eigenvalue weighted by Crippen LogP contribution is -2.18. The van der Waals surface area contributed by atoms with Crippen molar-refractivity contribution in [1.82, 2.24) is 5.16 Å². The average molecular weight is 375 g/mol. The Hall–Kier alpha value is -3.62. The zero-order valence-electron chi connectivity index (χ0n) is 13.6. The molecule has 0 fully saturated rings. The van der Waals surface area contributed by atoms with Crippen LogP contribution in [0.3, 0.4) is 0 Å². The molecule has 0 unspecified atom stereocenters. The molecule has 1 heterocycles. The number of anilines is 2. The minimum atomic E-state index is -4.52. The summed E-state index contributed by atoms with van der Waals surface area (Å²) in [6.45, 7) is 0. The van der Waals surface area contributed by atoms with E-state index >= 15 is 0 Å². The van der Waals surface area contributed by atoms with E-state index in [-0.39, 0.29) is 22.7 Å². The number of para-hydroxylation sites is 1. The lowest BCUT2D eigenvalue weighted by Gasteiger charge is -2.12. The van der Waals surface area contributed by atoms with Gasteiger partial charge in [-0.1, -0.05) is 23.4 Å². The lowest BCUT2D eigenvalue weighted by molar-refractivity contribution is -0.137. The fourth-order valence-corrected chi connectivity index (χ4v) is 2.28. The number of carbonyl (C=O) groups excluding carboxylic acids is 2. The quantitative estimate of drug-likeness (QED) is 0.716. The Labute approximate surface area is 151 Å². The number of nitrogens with one attached hydrogen (secondary N) is 2. The van der Waals surface area contributed by atoms with Crippen molar-refractivity contribution < 1.29 is 27.3 Å². The molecule has 1 aromatic heterocycles. The molecule has 6 nitrogen and oxygen atoms in total. The molecule has 27 heavy (non-hydrogen) atoms. The first-order chi connectivity index (χ1) is 12.8. The maximum atomic E-state index is 12.8. The highest BCUT2D eigenvalue weighted by atomic mass is 19.4. The van der Waals surface area contributed by atoms with E-state index in [2.05, 4.69) is 15.8 Å². The van der Waals surface area contributed by atoms with Crippen molar-refractivity contribution in [2.45, 2.75) is 6.18 Å². The molecule has 2 amide bonds. The Morgan fingerprint density at radius 1 is 0.926 bits per heavy atom. The number of benzene rings is 2. The van der Waals surface area contributed by atoms with E-state index in [0.29, 0.717) is 0 Å². The molecular formula is C18H12F3N3O3. The Balaban J connectivity index is 1.81. The van der Waals surface area contributed by atoms with Crippen LogP contribution >= 0.6 is 0 Å². The van der Waals surface area contributed by atoms with Gasteiger partial charge in [0.15, 0.2) is 0 Å². The second-order valence-corrected chi connectivity index (χ2v) is 5.41. The Morgan fingerprint density at radius 3 is 2.41 bits per heavy atom. The highest BCUT2D eigenvalue weighted by Crippen LogP contribution is 2.31. The Morgan fingerprint density at radius 2 is 1.70 bits per heavy atom. The first kappa shape index (κ1) is 18.2. The van der Waals surface area contributed by atoms with Gasteiger partial charge in [-0.2, -0.15) is 13.2 Å². The van der Waals surface area contributed by atoms with Gasteiger partial charge in [0.05, 0.1) is 23.0 Å². The van der Waals surface area contributed by atoms with Crippen LogP contribution in [-0.4, -0.2) is 17.0 Å². The van der Waals surface area contributed by atoms with E-state index in [1.54, 1.807) is 12.1 Å². The summed E-state index contributed by atoms with van der Waals surface area (Å²) in [5.74, 6) is -1.35. The van der Waals surface area contributed by atoms with Gasteiger partial charge in [-0.25, -0.2) is 0 Å². The van der Waals surface area contributed by atoms with Crippen LogP contribution in [0.4, 0.5) is 24.5 Å². The summed E-state index contributed by atoms with van der Waals surface area (Å²) in [5, 5.41) is 8.31. The number of nitrogens with zero attached hydrogens (tertiary/aromatic N) is 1. The summed E-state index contributed by atoms with van der Waals surface area (Å²) in [6, 6.07) is 11.7. The number of rotatable bonds is 4. The van der Waals surface area contributed by atoms with E-state index in [0.717, 1.165) is 12.1 Å². The smallest absolute Gasteiger partial charge is 0.351 e. The van der Waals surface area contributed by atoms with Gasteiger partial charge >= 0.3 is 6.18 Å². The van der Waals surface area contributed by atoms with Crippen LogP contribution in [0.25, 0.3) is 0 Å². The van der Waals surface area contributed by atoms with Gasteiger partial charge in [0.25, 0.3) is 11.8 Å². The van der Waals surface area contributed by atoms with Crippen molar-refractivity contribution in [2.75, 3.05) is 10.6 Å². The third-order valence-electron chi connectivity index (χ3n) is 3.53. The molecule has 9 heteroatoms. The molecule has 0 saturated carbocycles. The summed E-state index contributed by atoms with van der Waals surface area (Å²) in [6.07, 6.45) is -3.23. The number of halogens is 3. The number of amides is 2. The van der Waals surface area contributed by atoms with Crippen LogP contribution < -0.4 is 10.6 Å². The maximum absolute atomic E-state index is 12.8. The number of alkyl halides is 3. The molecule has 0 saturated heterocycles. The zero-order valence-corrected chi connectivity index (χ0v) is 13.6. The average Bonchev–Trinajstić information content (AvgIpc) is 3.16. The van der Waals surface area contributed by atoms with E-state index in [9.17, 15) is 22.8 Å². The molecule has 3 rings (SSSR count). The first-order valence-electron chi connectivity index (χ1n) is 7.64. The molecule has 2 N–H and O–H groups in total. The maximum Gasteiger partial charge on any atom is 0.416 e. The standard InChI is InChI=1S/C18H12F3N3O3/c19-18(20,21)11-4-3-5-12(10-11)23-16(25)13-6-1-2-7-14(13)24-17(26)15-8-9-22-27-15/h1-10H,(H,23,25)(H,24,26). The predicted octanol–water partition coefficient (Wildman–Crippen LogP) is 4.20. The topological polar surface area (TPSA) is 84.2 Å². The molecular weight excluding hydrogens is 363 g/mol. The zero-order chi connectivity index (χ0) is 19.4. The summed E-state index contributed by atoms with van der Waals surface area (Å²) in [5.41, 5.74) is -0.662. The van der Waals surface area contributed by atoms with Crippen molar-refractivity contribution in [3.8, 4) is 0 Å². The molecule has 3 aromatic rings. The molecule has 0 radical (unpaired) electrons. The largest absolute Gasteiger partial charge is 0.416 e. The third-order valence-corrected chi connectivity index (χ3v) is 3.53. The fourth-order valence-electron chi connectivity index (χ4n) is 2.28. The molecule has 138 valence electrons. The minimum absolute atomic E-state index is 0.0220. The number of aromatic nitrogens is 1. The fraction of sp³-hybridized carbons (Fsp3) is 0.0556. The molecule has 0 aliphatic carbocycles. The number of hydrogen-bond donors (Lipinski definition) is 2. The molecule has 0 spiro atoms.